The summed E-state index contributed by atoms with van der Waals surface area (Å²) in [5.41, 5.74) is 3.23. The maximum Gasteiger partial charge on any atom is 0.255 e. The second-order valence-corrected chi connectivity index (χ2v) is 7.44. The fourth-order valence-electron chi connectivity index (χ4n) is 2.79. The zero-order chi connectivity index (χ0) is 19.2. The van der Waals surface area contributed by atoms with Gasteiger partial charge in [-0.1, -0.05) is 60.7 Å². The SMILES string of the molecule is CC(C)NC(=O)c1c(-c2ccccc2)csc1NC(=O)Cc1ccccc1. The Balaban J connectivity index is 1.89. The van der Waals surface area contributed by atoms with Crippen LogP contribution in [-0.2, 0) is 11.2 Å². The average molecular weight is 378 g/mol. The van der Waals surface area contributed by atoms with E-state index in [1.807, 2.05) is 79.9 Å². The number of benzene rings is 2. The van der Waals surface area contributed by atoms with Crippen LogP contribution in [0.15, 0.2) is 66.0 Å². The van der Waals surface area contributed by atoms with Crippen molar-refractivity contribution in [3.8, 4) is 11.1 Å². The van der Waals surface area contributed by atoms with Gasteiger partial charge in [0, 0.05) is 17.0 Å². The van der Waals surface area contributed by atoms with Gasteiger partial charge >= 0.3 is 0 Å². The predicted octanol–water partition coefficient (Wildman–Crippen LogP) is 4.73. The minimum atomic E-state index is -0.180. The van der Waals surface area contributed by atoms with Gasteiger partial charge in [-0.2, -0.15) is 0 Å². The van der Waals surface area contributed by atoms with E-state index in [2.05, 4.69) is 10.6 Å². The number of thiophene rings is 1. The number of hydrogen-bond donors (Lipinski definition) is 2. The van der Waals surface area contributed by atoms with Crippen LogP contribution in [0.3, 0.4) is 0 Å². The van der Waals surface area contributed by atoms with Gasteiger partial charge in [0.2, 0.25) is 5.91 Å². The highest BCUT2D eigenvalue weighted by atomic mass is 32.1. The molecule has 0 saturated heterocycles. The van der Waals surface area contributed by atoms with E-state index in [0.29, 0.717) is 10.6 Å². The molecule has 1 heterocycles. The summed E-state index contributed by atoms with van der Waals surface area (Å²) in [5, 5.41) is 8.35. The van der Waals surface area contributed by atoms with Gasteiger partial charge in [0.15, 0.2) is 0 Å². The lowest BCUT2D eigenvalue weighted by atomic mass is 10.0. The van der Waals surface area contributed by atoms with Crippen LogP contribution in [0.2, 0.25) is 0 Å². The van der Waals surface area contributed by atoms with E-state index in [1.54, 1.807) is 0 Å². The number of hydrogen-bond acceptors (Lipinski definition) is 3. The van der Waals surface area contributed by atoms with Crippen LogP contribution in [0.5, 0.6) is 0 Å². The lowest BCUT2D eigenvalue weighted by Crippen LogP contribution is -2.31. The van der Waals surface area contributed by atoms with Crippen molar-refractivity contribution in [2.24, 2.45) is 0 Å². The minimum Gasteiger partial charge on any atom is -0.350 e. The van der Waals surface area contributed by atoms with Crippen molar-refractivity contribution >= 4 is 28.2 Å². The molecular weight excluding hydrogens is 356 g/mol. The van der Waals surface area contributed by atoms with E-state index in [-0.39, 0.29) is 24.3 Å². The Labute approximate surface area is 163 Å². The summed E-state index contributed by atoms with van der Waals surface area (Å²) < 4.78 is 0. The smallest absolute Gasteiger partial charge is 0.255 e. The van der Waals surface area contributed by atoms with Crippen LogP contribution in [0.25, 0.3) is 11.1 Å². The summed E-state index contributed by atoms with van der Waals surface area (Å²) in [6.07, 6.45) is 0.269. The zero-order valence-electron chi connectivity index (χ0n) is 15.4. The van der Waals surface area contributed by atoms with Gasteiger partial charge in [-0.3, -0.25) is 9.59 Å². The average Bonchev–Trinajstić information content (AvgIpc) is 3.06. The van der Waals surface area contributed by atoms with Gasteiger partial charge in [-0.25, -0.2) is 0 Å². The molecule has 27 heavy (non-hydrogen) atoms. The minimum absolute atomic E-state index is 0.00823. The Morgan fingerprint density at radius 1 is 0.963 bits per heavy atom. The van der Waals surface area contributed by atoms with Crippen LogP contribution in [0, 0.1) is 0 Å². The van der Waals surface area contributed by atoms with E-state index in [4.69, 9.17) is 0 Å². The molecule has 5 heteroatoms. The Morgan fingerprint density at radius 2 is 1.59 bits per heavy atom. The Kier molecular flexibility index (Phi) is 6.04. The van der Waals surface area contributed by atoms with Crippen molar-refractivity contribution in [1.82, 2.24) is 5.32 Å². The largest absolute Gasteiger partial charge is 0.350 e. The molecule has 0 aliphatic rings. The highest BCUT2D eigenvalue weighted by Crippen LogP contribution is 2.35. The third-order valence-electron chi connectivity index (χ3n) is 3.98. The zero-order valence-corrected chi connectivity index (χ0v) is 16.2. The van der Waals surface area contributed by atoms with Gasteiger partial charge in [0.25, 0.3) is 5.91 Å². The molecule has 1 aromatic heterocycles. The number of carbonyl (C=O) groups is 2. The van der Waals surface area contributed by atoms with Crippen molar-refractivity contribution in [3.05, 3.63) is 77.2 Å². The first-order chi connectivity index (χ1) is 13.0. The van der Waals surface area contributed by atoms with Crippen LogP contribution < -0.4 is 10.6 Å². The maximum absolute atomic E-state index is 12.8. The number of rotatable bonds is 6. The van der Waals surface area contributed by atoms with E-state index >= 15 is 0 Å². The van der Waals surface area contributed by atoms with E-state index < -0.39 is 0 Å². The quantitative estimate of drug-likeness (QED) is 0.651. The molecule has 2 aromatic carbocycles. The highest BCUT2D eigenvalue weighted by Gasteiger charge is 2.22. The standard InChI is InChI=1S/C22H22N2O2S/c1-15(2)23-21(26)20-18(17-11-7-4-8-12-17)14-27-22(20)24-19(25)13-16-9-5-3-6-10-16/h3-12,14-15H,13H2,1-2H3,(H,23,26)(H,24,25). The van der Waals surface area contributed by atoms with Crippen molar-refractivity contribution in [2.45, 2.75) is 26.3 Å². The molecule has 0 saturated carbocycles. The molecule has 138 valence electrons. The van der Waals surface area contributed by atoms with Crippen LogP contribution >= 0.6 is 11.3 Å². The van der Waals surface area contributed by atoms with Gasteiger partial charge in [-0.05, 0) is 25.0 Å². The number of nitrogens with one attached hydrogen (secondary N) is 2. The van der Waals surface area contributed by atoms with Crippen molar-refractivity contribution in [2.75, 3.05) is 5.32 Å². The molecule has 2 amide bonds. The van der Waals surface area contributed by atoms with Crippen molar-refractivity contribution in [3.63, 3.8) is 0 Å². The van der Waals surface area contributed by atoms with Crippen molar-refractivity contribution in [1.29, 1.82) is 0 Å². The van der Waals surface area contributed by atoms with Gasteiger partial charge in [0.1, 0.15) is 5.00 Å². The lowest BCUT2D eigenvalue weighted by molar-refractivity contribution is -0.115. The second kappa shape index (κ2) is 8.64. The van der Waals surface area contributed by atoms with E-state index in [0.717, 1.165) is 16.7 Å². The molecule has 0 bridgehead atoms. The normalized spacial score (nSPS) is 10.6. The lowest BCUT2D eigenvalue weighted by Gasteiger charge is -2.12. The third kappa shape index (κ3) is 4.83. The molecule has 0 fully saturated rings. The number of anilines is 1. The highest BCUT2D eigenvalue weighted by molar-refractivity contribution is 7.15. The molecule has 3 rings (SSSR count). The molecule has 0 radical (unpaired) electrons. The van der Waals surface area contributed by atoms with Gasteiger partial charge in [0.05, 0.1) is 12.0 Å². The number of amides is 2. The molecule has 0 aliphatic carbocycles. The monoisotopic (exact) mass is 378 g/mol. The fourth-order valence-corrected chi connectivity index (χ4v) is 3.77. The fraction of sp³-hybridized carbons (Fsp3) is 0.182. The molecule has 0 unspecified atom stereocenters. The van der Waals surface area contributed by atoms with E-state index in [1.165, 1.54) is 11.3 Å². The predicted molar refractivity (Wildman–Crippen MR) is 111 cm³/mol. The summed E-state index contributed by atoms with van der Waals surface area (Å²) in [5.74, 6) is -0.318. The molecule has 2 N–H and O–H groups in total. The summed E-state index contributed by atoms with van der Waals surface area (Å²) in [7, 11) is 0. The summed E-state index contributed by atoms with van der Waals surface area (Å²) in [6, 6.07) is 19.3. The van der Waals surface area contributed by atoms with Crippen LogP contribution in [0.4, 0.5) is 5.00 Å². The maximum atomic E-state index is 12.8. The Morgan fingerprint density at radius 3 is 2.22 bits per heavy atom. The summed E-state index contributed by atoms with van der Waals surface area (Å²) >= 11 is 1.37. The summed E-state index contributed by atoms with van der Waals surface area (Å²) in [4.78, 5) is 25.3. The Hall–Kier alpha value is -2.92. The first kappa shape index (κ1) is 18.9. The second-order valence-electron chi connectivity index (χ2n) is 6.56. The first-order valence-electron chi connectivity index (χ1n) is 8.86. The Bertz CT molecular complexity index is 918. The summed E-state index contributed by atoms with van der Waals surface area (Å²) in [6.45, 7) is 3.83. The van der Waals surface area contributed by atoms with Gasteiger partial charge in [-0.15, -0.1) is 11.3 Å². The molecule has 0 atom stereocenters. The molecule has 0 spiro atoms. The molecule has 3 aromatic rings. The number of carbonyl (C=O) groups excluding carboxylic acids is 2. The van der Waals surface area contributed by atoms with Crippen molar-refractivity contribution < 1.29 is 9.59 Å². The third-order valence-corrected chi connectivity index (χ3v) is 4.88. The topological polar surface area (TPSA) is 58.2 Å². The van der Waals surface area contributed by atoms with Crippen LogP contribution in [0.1, 0.15) is 29.8 Å². The van der Waals surface area contributed by atoms with Gasteiger partial charge < -0.3 is 10.6 Å². The first-order valence-corrected chi connectivity index (χ1v) is 9.74. The van der Waals surface area contributed by atoms with Crippen LogP contribution in [-0.4, -0.2) is 17.9 Å². The molecule has 4 nitrogen and oxygen atoms in total. The van der Waals surface area contributed by atoms with E-state index in [9.17, 15) is 9.59 Å². The molecular formula is C22H22N2O2S. The molecule has 0 aliphatic heterocycles.